The third-order valence-electron chi connectivity index (χ3n) is 1.98. The molecule has 2 atom stereocenters. The van der Waals surface area contributed by atoms with Gasteiger partial charge in [-0.1, -0.05) is 33.1 Å². The molecule has 0 aromatic rings. The van der Waals surface area contributed by atoms with Gasteiger partial charge in [-0.05, 0) is 18.5 Å². The second-order valence-corrected chi connectivity index (χ2v) is 4.37. The van der Waals surface area contributed by atoms with Crippen LogP contribution < -0.4 is 34.5 Å². The molecule has 0 radical (unpaired) electrons. The largest absolute Gasteiger partial charge is 1.00 e. The fraction of sp³-hybridized carbons (Fsp3) is 1.00. The number of hydrogen-bond donors (Lipinski definition) is 0. The van der Waals surface area contributed by atoms with Crippen LogP contribution in [0.5, 0.6) is 0 Å². The topological polar surface area (TPSA) is 40.1 Å². The Bertz CT molecular complexity index is 120. The monoisotopic (exact) mass is 200 g/mol. The normalized spacial score (nSPS) is 14.9. The predicted molar refractivity (Wildman–Crippen MR) is 47.2 cm³/mol. The van der Waals surface area contributed by atoms with E-state index in [1.807, 2.05) is 6.92 Å². The Balaban J connectivity index is 0. The van der Waals surface area contributed by atoms with Crippen LogP contribution in [0, 0.1) is 0 Å². The molecule has 4 heteroatoms. The summed E-state index contributed by atoms with van der Waals surface area (Å²) >= 11 is 0. The molecule has 0 saturated heterocycles. The molecule has 0 heterocycles. The van der Waals surface area contributed by atoms with Crippen molar-refractivity contribution < 1.29 is 39.0 Å². The molecule has 2 unspecified atom stereocenters. The molecule has 68 valence electrons. The van der Waals surface area contributed by atoms with E-state index in [4.69, 9.17) is 0 Å². The molecule has 0 aromatic heterocycles. The van der Waals surface area contributed by atoms with E-state index >= 15 is 0 Å². The summed E-state index contributed by atoms with van der Waals surface area (Å²) in [5.74, 6) is 0. The van der Waals surface area contributed by atoms with Gasteiger partial charge in [0.15, 0.2) is 0 Å². The molecule has 0 N–H and O–H groups in total. The van der Waals surface area contributed by atoms with Crippen LogP contribution in [0.15, 0.2) is 0 Å². The van der Waals surface area contributed by atoms with Crippen LogP contribution in [-0.2, 0) is 4.57 Å². The summed E-state index contributed by atoms with van der Waals surface area (Å²) < 4.78 is 10.6. The molecule has 0 bridgehead atoms. The van der Waals surface area contributed by atoms with Gasteiger partial charge in [0, 0.05) is 8.03 Å². The summed E-state index contributed by atoms with van der Waals surface area (Å²) in [6, 6.07) is 0. The van der Waals surface area contributed by atoms with Crippen molar-refractivity contribution >= 4 is 8.03 Å². The van der Waals surface area contributed by atoms with Gasteiger partial charge in [-0.2, -0.15) is 0 Å². The number of rotatable bonds is 6. The van der Waals surface area contributed by atoms with Crippen molar-refractivity contribution in [3.8, 4) is 0 Å². The SMILES string of the molecule is CCCCCC(CC)[PH](=O)[O-].[Na+]. The van der Waals surface area contributed by atoms with Crippen LogP contribution in [-0.4, -0.2) is 5.66 Å². The molecule has 0 aromatic carbocycles. The molecular formula is C8H18NaO2P. The van der Waals surface area contributed by atoms with Crippen LogP contribution in [0.2, 0.25) is 0 Å². The maximum absolute atomic E-state index is 10.6. The molecule has 0 saturated carbocycles. The quantitative estimate of drug-likeness (QED) is 0.319. The standard InChI is InChI=1S/C8H19O2P.Na/c1-3-5-6-7-8(4-2)11(9)10;/h8,11H,3-7H2,1-2H3,(H,9,10);/q;+1/p-1. The van der Waals surface area contributed by atoms with E-state index in [2.05, 4.69) is 6.92 Å². The Morgan fingerprint density at radius 2 is 1.92 bits per heavy atom. The average molecular weight is 200 g/mol. The summed E-state index contributed by atoms with van der Waals surface area (Å²) in [4.78, 5) is 10.6. The van der Waals surface area contributed by atoms with Crippen LogP contribution in [0.3, 0.4) is 0 Å². The second kappa shape index (κ2) is 10.3. The van der Waals surface area contributed by atoms with Crippen molar-refractivity contribution in [3.05, 3.63) is 0 Å². The molecule has 12 heavy (non-hydrogen) atoms. The van der Waals surface area contributed by atoms with Crippen molar-refractivity contribution in [2.45, 2.75) is 51.6 Å². The smallest absolute Gasteiger partial charge is 0.801 e. The summed E-state index contributed by atoms with van der Waals surface area (Å²) in [6.07, 6.45) is 5.03. The molecule has 2 nitrogen and oxygen atoms in total. The first kappa shape index (κ1) is 15.7. The van der Waals surface area contributed by atoms with Crippen LogP contribution >= 0.6 is 8.03 Å². The first-order valence-corrected chi connectivity index (χ1v) is 5.82. The van der Waals surface area contributed by atoms with Crippen molar-refractivity contribution in [2.24, 2.45) is 0 Å². The van der Waals surface area contributed by atoms with Crippen LogP contribution in [0.1, 0.15) is 46.0 Å². The van der Waals surface area contributed by atoms with Gasteiger partial charge in [0.25, 0.3) is 0 Å². The summed E-state index contributed by atoms with van der Waals surface area (Å²) in [6.45, 7) is 4.07. The van der Waals surface area contributed by atoms with E-state index in [0.29, 0.717) is 0 Å². The van der Waals surface area contributed by atoms with Crippen molar-refractivity contribution in [2.75, 3.05) is 0 Å². The minimum absolute atomic E-state index is 0. The average Bonchev–Trinajstić information content (AvgIpc) is 1.97. The fourth-order valence-electron chi connectivity index (χ4n) is 1.13. The van der Waals surface area contributed by atoms with Gasteiger partial charge in [0.2, 0.25) is 0 Å². The summed E-state index contributed by atoms with van der Waals surface area (Å²) in [5.41, 5.74) is -0.0356. The Morgan fingerprint density at radius 1 is 1.33 bits per heavy atom. The van der Waals surface area contributed by atoms with E-state index in [-0.39, 0.29) is 35.2 Å². The van der Waals surface area contributed by atoms with E-state index in [1.54, 1.807) is 0 Å². The molecule has 0 amide bonds. The molecular weight excluding hydrogens is 182 g/mol. The van der Waals surface area contributed by atoms with Gasteiger partial charge in [0.05, 0.1) is 0 Å². The third-order valence-corrected chi connectivity index (χ3v) is 3.35. The maximum atomic E-state index is 10.6. The Morgan fingerprint density at radius 3 is 2.25 bits per heavy atom. The van der Waals surface area contributed by atoms with E-state index in [1.165, 1.54) is 0 Å². The summed E-state index contributed by atoms with van der Waals surface area (Å²) in [5, 5.41) is 0. The molecule has 0 fully saturated rings. The van der Waals surface area contributed by atoms with E-state index in [0.717, 1.165) is 32.1 Å². The summed E-state index contributed by atoms with van der Waals surface area (Å²) in [7, 11) is -2.50. The zero-order chi connectivity index (χ0) is 8.69. The van der Waals surface area contributed by atoms with Crippen LogP contribution in [0.4, 0.5) is 0 Å². The van der Waals surface area contributed by atoms with Gasteiger partial charge < -0.3 is 9.46 Å². The minimum Gasteiger partial charge on any atom is -0.801 e. The first-order chi connectivity index (χ1) is 5.22. The first-order valence-electron chi connectivity index (χ1n) is 4.43. The van der Waals surface area contributed by atoms with E-state index in [9.17, 15) is 9.46 Å². The second-order valence-electron chi connectivity index (χ2n) is 2.92. The maximum Gasteiger partial charge on any atom is 1.00 e. The van der Waals surface area contributed by atoms with Crippen molar-refractivity contribution in [1.29, 1.82) is 0 Å². The Kier molecular flexibility index (Phi) is 13.4. The third kappa shape index (κ3) is 7.82. The van der Waals surface area contributed by atoms with Crippen molar-refractivity contribution in [1.82, 2.24) is 0 Å². The van der Waals surface area contributed by atoms with Crippen LogP contribution in [0.25, 0.3) is 0 Å². The zero-order valence-electron chi connectivity index (χ0n) is 8.43. The Hall–Kier alpha value is 1.19. The van der Waals surface area contributed by atoms with Gasteiger partial charge in [0.1, 0.15) is 0 Å². The number of unbranched alkanes of at least 4 members (excludes halogenated alkanes) is 2. The van der Waals surface area contributed by atoms with Crippen molar-refractivity contribution in [3.63, 3.8) is 0 Å². The van der Waals surface area contributed by atoms with Gasteiger partial charge in [-0.15, -0.1) is 0 Å². The molecule has 0 aliphatic carbocycles. The van der Waals surface area contributed by atoms with E-state index < -0.39 is 8.03 Å². The number of hydrogen-bond acceptors (Lipinski definition) is 2. The van der Waals surface area contributed by atoms with Gasteiger partial charge in [-0.25, -0.2) is 0 Å². The zero-order valence-corrected chi connectivity index (χ0v) is 11.4. The van der Waals surface area contributed by atoms with Gasteiger partial charge in [-0.3, -0.25) is 0 Å². The predicted octanol–water partition coefficient (Wildman–Crippen LogP) is -0.816. The molecule has 0 aliphatic rings. The molecule has 0 aliphatic heterocycles. The molecule has 0 spiro atoms. The fourth-order valence-corrected chi connectivity index (χ4v) is 1.90. The Labute approximate surface area is 98.3 Å². The minimum atomic E-state index is -2.50. The van der Waals surface area contributed by atoms with Gasteiger partial charge >= 0.3 is 29.6 Å². The molecule has 0 rings (SSSR count).